The van der Waals surface area contributed by atoms with Crippen LogP contribution in [0.3, 0.4) is 0 Å². The second-order valence-corrected chi connectivity index (χ2v) is 5.24. The van der Waals surface area contributed by atoms with Crippen LogP contribution in [-0.4, -0.2) is 29.0 Å². The van der Waals surface area contributed by atoms with Gasteiger partial charge >= 0.3 is 0 Å². The Morgan fingerprint density at radius 2 is 1.95 bits per heavy atom. The van der Waals surface area contributed by atoms with Crippen LogP contribution in [-0.2, 0) is 4.79 Å². The lowest BCUT2D eigenvalue weighted by atomic mass is 9.98. The van der Waals surface area contributed by atoms with Crippen molar-refractivity contribution in [3.63, 3.8) is 0 Å². The first-order valence-electron chi connectivity index (χ1n) is 6.80. The predicted octanol–water partition coefficient (Wildman–Crippen LogP) is 2.56. The van der Waals surface area contributed by atoms with Gasteiger partial charge in [0.1, 0.15) is 17.4 Å². The molecule has 0 atom stereocenters. The number of nitrogens with zero attached hydrogens (tertiary/aromatic N) is 2. The van der Waals surface area contributed by atoms with Gasteiger partial charge in [0.2, 0.25) is 0 Å². The zero-order valence-corrected chi connectivity index (χ0v) is 11.5. The molecule has 1 amide bonds. The third-order valence-corrected chi connectivity index (χ3v) is 3.63. The molecule has 4 nitrogen and oxygen atoms in total. The highest BCUT2D eigenvalue weighted by atomic mass is 16.3. The van der Waals surface area contributed by atoms with E-state index in [4.69, 9.17) is 0 Å². The van der Waals surface area contributed by atoms with Crippen molar-refractivity contribution < 1.29 is 9.90 Å². The van der Waals surface area contributed by atoms with Crippen LogP contribution in [0.2, 0.25) is 0 Å². The number of likely N-dealkylation sites (tertiary alicyclic amines) is 1. The Morgan fingerprint density at radius 3 is 2.50 bits per heavy atom. The third-order valence-electron chi connectivity index (χ3n) is 3.63. The summed E-state index contributed by atoms with van der Waals surface area (Å²) in [5, 5.41) is 18.4. The molecular weight excluding hydrogens is 252 g/mol. The Bertz CT molecular complexity index is 547. The summed E-state index contributed by atoms with van der Waals surface area (Å²) in [5.74, 6) is 0.607. The van der Waals surface area contributed by atoms with E-state index in [1.165, 1.54) is 12.1 Å². The van der Waals surface area contributed by atoms with E-state index >= 15 is 0 Å². The van der Waals surface area contributed by atoms with Gasteiger partial charge in [-0.3, -0.25) is 4.79 Å². The number of aromatic hydroxyl groups is 1. The minimum atomic E-state index is -0.201. The SMILES string of the molecule is CC1CCN(C(=O)/C(C#N)=C/c2ccc(O)cc2)CC1. The number of amides is 1. The molecule has 1 saturated heterocycles. The molecule has 0 bridgehead atoms. The molecule has 0 unspecified atom stereocenters. The number of benzene rings is 1. The van der Waals surface area contributed by atoms with Crippen molar-refractivity contribution in [2.45, 2.75) is 19.8 Å². The molecule has 1 aliphatic heterocycles. The zero-order chi connectivity index (χ0) is 14.5. The Morgan fingerprint density at radius 1 is 1.35 bits per heavy atom. The topological polar surface area (TPSA) is 64.3 Å². The molecule has 1 N–H and O–H groups in total. The molecular formula is C16H18N2O2. The van der Waals surface area contributed by atoms with E-state index in [1.54, 1.807) is 23.1 Å². The molecule has 1 fully saturated rings. The van der Waals surface area contributed by atoms with Crippen molar-refractivity contribution >= 4 is 12.0 Å². The summed E-state index contributed by atoms with van der Waals surface area (Å²) >= 11 is 0. The maximum Gasteiger partial charge on any atom is 0.264 e. The number of phenols is 1. The molecule has 1 aromatic rings. The van der Waals surface area contributed by atoms with Gasteiger partial charge in [0.25, 0.3) is 5.91 Å². The fraction of sp³-hybridized carbons (Fsp3) is 0.375. The van der Waals surface area contributed by atoms with E-state index < -0.39 is 0 Å². The number of carbonyl (C=O) groups is 1. The van der Waals surface area contributed by atoms with Crippen LogP contribution in [0.25, 0.3) is 6.08 Å². The molecule has 0 saturated carbocycles. The molecule has 0 aromatic heterocycles. The maximum atomic E-state index is 12.3. The molecule has 1 aliphatic rings. The molecule has 104 valence electrons. The first-order valence-corrected chi connectivity index (χ1v) is 6.80. The van der Waals surface area contributed by atoms with E-state index in [0.717, 1.165) is 18.4 Å². The second-order valence-electron chi connectivity index (χ2n) is 5.24. The Hall–Kier alpha value is -2.28. The van der Waals surface area contributed by atoms with Crippen molar-refractivity contribution in [1.82, 2.24) is 4.90 Å². The van der Waals surface area contributed by atoms with Crippen LogP contribution in [0.4, 0.5) is 0 Å². The fourth-order valence-electron chi connectivity index (χ4n) is 2.26. The summed E-state index contributed by atoms with van der Waals surface area (Å²) in [6.45, 7) is 3.61. The van der Waals surface area contributed by atoms with Crippen molar-refractivity contribution in [3.05, 3.63) is 35.4 Å². The third kappa shape index (κ3) is 3.39. The summed E-state index contributed by atoms with van der Waals surface area (Å²) in [6.07, 6.45) is 3.55. The van der Waals surface area contributed by atoms with Gasteiger partial charge in [0.05, 0.1) is 0 Å². The number of piperidine rings is 1. The zero-order valence-electron chi connectivity index (χ0n) is 11.5. The quantitative estimate of drug-likeness (QED) is 0.663. The molecule has 2 rings (SSSR count). The summed E-state index contributed by atoms with van der Waals surface area (Å²) in [5.41, 5.74) is 0.878. The van der Waals surface area contributed by atoms with Crippen molar-refractivity contribution in [1.29, 1.82) is 5.26 Å². The first kappa shape index (κ1) is 14.1. The standard InChI is InChI=1S/C16H18N2O2/c1-12-6-8-18(9-7-12)16(20)14(11-17)10-13-2-4-15(19)5-3-13/h2-5,10,12,19H,6-9H2,1H3/b14-10+. The summed E-state index contributed by atoms with van der Waals surface area (Å²) in [7, 11) is 0. The molecule has 4 heteroatoms. The minimum absolute atomic E-state index is 0.144. The lowest BCUT2D eigenvalue weighted by Gasteiger charge is -2.30. The lowest BCUT2D eigenvalue weighted by molar-refractivity contribution is -0.127. The highest BCUT2D eigenvalue weighted by molar-refractivity contribution is 6.01. The van der Waals surface area contributed by atoms with Crippen LogP contribution in [0.15, 0.2) is 29.8 Å². The van der Waals surface area contributed by atoms with Gasteiger partial charge < -0.3 is 10.0 Å². The highest BCUT2D eigenvalue weighted by Gasteiger charge is 2.22. The number of rotatable bonds is 2. The average Bonchev–Trinajstić information content (AvgIpc) is 2.47. The Kier molecular flexibility index (Phi) is 4.41. The number of hydrogen-bond acceptors (Lipinski definition) is 3. The summed E-state index contributed by atoms with van der Waals surface area (Å²) in [6, 6.07) is 8.41. The van der Waals surface area contributed by atoms with Gasteiger partial charge in [-0.25, -0.2) is 0 Å². The lowest BCUT2D eigenvalue weighted by Crippen LogP contribution is -2.38. The first-order chi connectivity index (χ1) is 9.60. The van der Waals surface area contributed by atoms with Crippen LogP contribution < -0.4 is 0 Å². The fourth-order valence-corrected chi connectivity index (χ4v) is 2.26. The maximum absolute atomic E-state index is 12.3. The van der Waals surface area contributed by atoms with Crippen molar-refractivity contribution in [2.75, 3.05) is 13.1 Å². The molecule has 1 heterocycles. The molecule has 0 radical (unpaired) electrons. The molecule has 0 aliphatic carbocycles. The smallest absolute Gasteiger partial charge is 0.264 e. The monoisotopic (exact) mass is 270 g/mol. The van der Waals surface area contributed by atoms with Gasteiger partial charge in [-0.1, -0.05) is 19.1 Å². The van der Waals surface area contributed by atoms with Crippen LogP contribution in [0.5, 0.6) is 5.75 Å². The van der Waals surface area contributed by atoms with Crippen LogP contribution in [0, 0.1) is 17.2 Å². The number of hydrogen-bond donors (Lipinski definition) is 1. The van der Waals surface area contributed by atoms with Crippen LogP contribution in [0.1, 0.15) is 25.3 Å². The summed E-state index contributed by atoms with van der Waals surface area (Å²) < 4.78 is 0. The van der Waals surface area contributed by atoms with Crippen molar-refractivity contribution in [3.8, 4) is 11.8 Å². The Labute approximate surface area is 118 Å². The van der Waals surface area contributed by atoms with E-state index in [1.807, 2.05) is 6.07 Å². The number of phenolic OH excluding ortho intramolecular Hbond substituents is 1. The van der Waals surface area contributed by atoms with E-state index in [2.05, 4.69) is 6.92 Å². The van der Waals surface area contributed by atoms with Crippen molar-refractivity contribution in [2.24, 2.45) is 5.92 Å². The average molecular weight is 270 g/mol. The number of carbonyl (C=O) groups excluding carboxylic acids is 1. The molecule has 0 spiro atoms. The minimum Gasteiger partial charge on any atom is -0.508 e. The predicted molar refractivity (Wildman–Crippen MR) is 76.7 cm³/mol. The Balaban J connectivity index is 2.13. The highest BCUT2D eigenvalue weighted by Crippen LogP contribution is 2.19. The van der Waals surface area contributed by atoms with Gasteiger partial charge in [-0.15, -0.1) is 0 Å². The van der Waals surface area contributed by atoms with Gasteiger partial charge in [-0.05, 0) is 42.5 Å². The van der Waals surface area contributed by atoms with Crippen LogP contribution >= 0.6 is 0 Å². The number of nitriles is 1. The largest absolute Gasteiger partial charge is 0.508 e. The summed E-state index contributed by atoms with van der Waals surface area (Å²) in [4.78, 5) is 14.0. The second kappa shape index (κ2) is 6.25. The van der Waals surface area contributed by atoms with E-state index in [0.29, 0.717) is 19.0 Å². The molecule has 1 aromatic carbocycles. The van der Waals surface area contributed by atoms with Gasteiger partial charge in [0.15, 0.2) is 0 Å². The van der Waals surface area contributed by atoms with E-state index in [9.17, 15) is 15.2 Å². The van der Waals surface area contributed by atoms with Gasteiger partial charge in [0, 0.05) is 13.1 Å². The molecule has 20 heavy (non-hydrogen) atoms. The van der Waals surface area contributed by atoms with Gasteiger partial charge in [-0.2, -0.15) is 5.26 Å². The normalized spacial score (nSPS) is 16.8. The van der Waals surface area contributed by atoms with E-state index in [-0.39, 0.29) is 17.2 Å².